The van der Waals surface area contributed by atoms with Crippen molar-refractivity contribution in [1.82, 2.24) is 0 Å². The van der Waals surface area contributed by atoms with Crippen LogP contribution in [0.15, 0.2) is 121 Å². The van der Waals surface area contributed by atoms with E-state index in [4.69, 9.17) is 35.2 Å². The van der Waals surface area contributed by atoms with Crippen molar-refractivity contribution in [1.29, 1.82) is 0 Å². The minimum atomic E-state index is -2.51. The molecule has 0 N–H and O–H groups in total. The fraction of sp³-hybridized carbons (Fsp3) is 0. The highest BCUT2D eigenvalue weighted by Crippen LogP contribution is 2.73. The highest BCUT2D eigenvalue weighted by Gasteiger charge is 2.31. The van der Waals surface area contributed by atoms with E-state index in [0.29, 0.717) is 0 Å². The second-order valence-electron chi connectivity index (χ2n) is 6.83. The molecule has 4 aromatic carbocycles. The average Bonchev–Trinajstić information content (AvgIpc) is 2.84. The Kier molecular flexibility index (Phi) is 6.73. The third kappa shape index (κ3) is 3.89. The second kappa shape index (κ2) is 9.31. The summed E-state index contributed by atoms with van der Waals surface area (Å²) < 4.78 is 0. The van der Waals surface area contributed by atoms with Crippen molar-refractivity contribution in [3.63, 3.8) is 0 Å². The van der Waals surface area contributed by atoms with E-state index in [2.05, 4.69) is 48.5 Å². The molecule has 4 aromatic rings. The molecule has 0 atom stereocenters. The molecule has 0 amide bonds. The Hall–Kier alpha value is -1.53. The van der Waals surface area contributed by atoms with Gasteiger partial charge in [0.25, 0.3) is 0 Å². The van der Waals surface area contributed by atoms with Crippen LogP contribution in [0.4, 0.5) is 0 Å². The molecule has 30 heavy (non-hydrogen) atoms. The van der Waals surface area contributed by atoms with E-state index in [1.54, 1.807) is 0 Å². The van der Waals surface area contributed by atoms with Crippen molar-refractivity contribution in [2.75, 3.05) is 0 Å². The van der Waals surface area contributed by atoms with Gasteiger partial charge in [0.05, 0.1) is 0 Å². The molecule has 150 valence electrons. The Morgan fingerprint density at radius 3 is 0.833 bits per heavy atom. The summed E-state index contributed by atoms with van der Waals surface area (Å²) in [6.07, 6.45) is 0. The molecule has 0 aromatic heterocycles. The van der Waals surface area contributed by atoms with Crippen LogP contribution < -0.4 is 21.2 Å². The molecule has 0 aliphatic rings. The average molecular weight is 482 g/mol. The molecule has 0 saturated carbocycles. The van der Waals surface area contributed by atoms with Crippen molar-refractivity contribution in [2.24, 2.45) is 0 Å². The zero-order valence-electron chi connectivity index (χ0n) is 16.1. The van der Waals surface area contributed by atoms with Gasteiger partial charge in [-0.3, -0.25) is 0 Å². The van der Waals surface area contributed by atoms with Crippen LogP contribution in [0.25, 0.3) is 0 Å². The largest absolute Gasteiger partial charge is 0.333 e. The van der Waals surface area contributed by atoms with E-state index in [0.717, 1.165) is 26.1 Å². The van der Waals surface area contributed by atoms with Gasteiger partial charge in [0.15, 0.2) is 0 Å². The highest BCUT2D eigenvalue weighted by molar-refractivity contribution is 8.35. The van der Waals surface area contributed by atoms with Crippen LogP contribution in [0, 0.1) is 4.86 Å². The third-order valence-electron chi connectivity index (χ3n) is 5.00. The number of hydrogen-bond donors (Lipinski definition) is 0. The van der Waals surface area contributed by atoms with E-state index in [9.17, 15) is 0 Å². The first kappa shape index (κ1) is 21.7. The van der Waals surface area contributed by atoms with Crippen molar-refractivity contribution < 1.29 is 0 Å². The standard InChI is InChI=1S/C25H20ClP2S2/c26-25(27(29,21-13-5-1-6-14-21)22-15-7-2-8-16-22)28(30,23-17-9-3-10-18-23)24-19-11-4-12-20-24/h1-20H/q-1. The van der Waals surface area contributed by atoms with E-state index < -0.39 is 12.1 Å². The van der Waals surface area contributed by atoms with E-state index in [1.165, 1.54) is 0 Å². The molecular weight excluding hydrogens is 462 g/mol. The van der Waals surface area contributed by atoms with Gasteiger partial charge in [0.2, 0.25) is 0 Å². The number of rotatable bonds is 6. The summed E-state index contributed by atoms with van der Waals surface area (Å²) in [5, 5.41) is 4.27. The predicted molar refractivity (Wildman–Crippen MR) is 142 cm³/mol. The van der Waals surface area contributed by atoms with Crippen LogP contribution in [-0.2, 0) is 23.6 Å². The predicted octanol–water partition coefficient (Wildman–Crippen LogP) is 5.93. The van der Waals surface area contributed by atoms with Gasteiger partial charge in [-0.05, 0) is 21.2 Å². The van der Waals surface area contributed by atoms with Gasteiger partial charge >= 0.3 is 0 Å². The molecule has 0 radical (unpaired) electrons. The van der Waals surface area contributed by atoms with Gasteiger partial charge < -0.3 is 11.6 Å². The smallest absolute Gasteiger partial charge is 0.0373 e. The molecule has 0 aliphatic heterocycles. The molecular formula is C25H20ClP2S2-. The van der Waals surface area contributed by atoms with E-state index in [1.807, 2.05) is 72.8 Å². The maximum atomic E-state index is 7.44. The van der Waals surface area contributed by atoms with Crippen molar-refractivity contribution in [2.45, 2.75) is 0 Å². The SMILES string of the molecule is S=P(c1ccccc1)(c1ccccc1)[C-](Cl)P(=S)(c1ccccc1)c1ccccc1. The molecule has 0 saturated heterocycles. The lowest BCUT2D eigenvalue weighted by atomic mass is 10.4. The summed E-state index contributed by atoms with van der Waals surface area (Å²) in [7, 11) is 0. The molecule has 0 bridgehead atoms. The second-order valence-corrected chi connectivity index (χ2v) is 16.8. The normalized spacial score (nSPS) is 12.1. The quantitative estimate of drug-likeness (QED) is 0.247. The van der Waals surface area contributed by atoms with Crippen LogP contribution >= 0.6 is 23.7 Å². The summed E-state index contributed by atoms with van der Waals surface area (Å²) in [6, 6.07) is 35.9. The zero-order chi connectivity index (χ0) is 21.0. The summed E-state index contributed by atoms with van der Waals surface area (Å²) in [4.78, 5) is 0.731. The topological polar surface area (TPSA) is 0 Å². The molecule has 0 unspecified atom stereocenters. The van der Waals surface area contributed by atoms with Gasteiger partial charge in [-0.25, -0.2) is 0 Å². The summed E-state index contributed by atoms with van der Waals surface area (Å²) in [6.45, 7) is 0. The molecule has 0 nitrogen and oxygen atoms in total. The maximum Gasteiger partial charge on any atom is -0.0373 e. The Bertz CT molecular complexity index is 1010. The fourth-order valence-corrected chi connectivity index (χ4v) is 15.6. The number of hydrogen-bond acceptors (Lipinski definition) is 2. The van der Waals surface area contributed by atoms with Crippen LogP contribution in [-0.4, -0.2) is 0 Å². The first-order valence-electron chi connectivity index (χ1n) is 9.54. The van der Waals surface area contributed by atoms with Gasteiger partial charge in [-0.1, -0.05) is 121 Å². The maximum absolute atomic E-state index is 7.44. The molecule has 0 aliphatic carbocycles. The van der Waals surface area contributed by atoms with Crippen LogP contribution in [0.5, 0.6) is 0 Å². The Morgan fingerprint density at radius 2 is 0.633 bits per heavy atom. The molecule has 0 spiro atoms. The van der Waals surface area contributed by atoms with E-state index >= 15 is 0 Å². The monoisotopic (exact) mass is 481 g/mol. The number of benzene rings is 4. The first-order valence-corrected chi connectivity index (χ1v) is 15.5. The van der Waals surface area contributed by atoms with Crippen molar-refractivity contribution >= 4 is 68.5 Å². The van der Waals surface area contributed by atoms with Gasteiger partial charge in [0, 0.05) is 0 Å². The third-order valence-corrected chi connectivity index (χ3v) is 18.5. The Labute approximate surface area is 194 Å². The highest BCUT2D eigenvalue weighted by atomic mass is 35.5. The summed E-state index contributed by atoms with van der Waals surface area (Å²) >= 11 is 20.5. The zero-order valence-corrected chi connectivity index (χ0v) is 20.3. The summed E-state index contributed by atoms with van der Waals surface area (Å²) in [5.74, 6) is 0. The number of halogens is 1. The van der Waals surface area contributed by atoms with Gasteiger partial charge in [0.1, 0.15) is 0 Å². The molecule has 0 fully saturated rings. The lowest BCUT2D eigenvalue weighted by Gasteiger charge is -2.48. The summed E-state index contributed by atoms with van der Waals surface area (Å²) in [5.41, 5.74) is 0. The Balaban J connectivity index is 2.01. The lowest BCUT2D eigenvalue weighted by Crippen LogP contribution is -2.25. The van der Waals surface area contributed by atoms with Crippen LogP contribution in [0.2, 0.25) is 0 Å². The van der Waals surface area contributed by atoms with Gasteiger partial charge in [-0.15, -0.1) is 40.5 Å². The van der Waals surface area contributed by atoms with Crippen LogP contribution in [0.3, 0.4) is 0 Å². The minimum absolute atomic E-state index is 0.731. The minimum Gasteiger partial charge on any atom is -0.333 e. The molecule has 4 rings (SSSR count). The fourth-order valence-electron chi connectivity index (χ4n) is 3.47. The molecule has 5 heteroatoms. The van der Waals surface area contributed by atoms with Crippen molar-refractivity contribution in [3.8, 4) is 0 Å². The van der Waals surface area contributed by atoms with E-state index in [-0.39, 0.29) is 0 Å². The van der Waals surface area contributed by atoms with Crippen molar-refractivity contribution in [3.05, 3.63) is 126 Å². The van der Waals surface area contributed by atoms with Gasteiger partial charge in [-0.2, -0.15) is 0 Å². The lowest BCUT2D eigenvalue weighted by molar-refractivity contribution is 1.74. The van der Waals surface area contributed by atoms with Crippen LogP contribution in [0.1, 0.15) is 0 Å². The Morgan fingerprint density at radius 1 is 0.433 bits per heavy atom. The first-order chi connectivity index (χ1) is 14.6. The molecule has 0 heterocycles.